The van der Waals surface area contributed by atoms with E-state index in [-0.39, 0.29) is 23.7 Å². The summed E-state index contributed by atoms with van der Waals surface area (Å²) >= 11 is 1.22. The van der Waals surface area contributed by atoms with E-state index in [2.05, 4.69) is 48.4 Å². The molecule has 0 saturated heterocycles. The quantitative estimate of drug-likeness (QED) is 0.705. The van der Waals surface area contributed by atoms with Gasteiger partial charge in [-0.3, -0.25) is 4.79 Å². The van der Waals surface area contributed by atoms with Gasteiger partial charge in [-0.2, -0.15) is 0 Å². The fourth-order valence-corrected chi connectivity index (χ4v) is 2.66. The molecule has 0 spiro atoms. The molecule has 1 aromatic heterocycles. The van der Waals surface area contributed by atoms with Crippen LogP contribution >= 0.6 is 11.8 Å². The number of nitrogens with one attached hydrogen (secondary N) is 1. The molecule has 142 valence electrons. The average molecular weight is 378 g/mol. The largest absolute Gasteiger partial charge is 0.484 e. The lowest BCUT2D eigenvalue weighted by molar-refractivity contribution is -0.118. The minimum Gasteiger partial charge on any atom is -0.484 e. The third kappa shape index (κ3) is 6.71. The SMILES string of the molecule is CC(C)CNC(=O)CSc1nnc(COc2ccc(C(C)(C)C)cc2)o1. The Hall–Kier alpha value is -2.02. The number of ether oxygens (including phenoxy) is 1. The number of thioether (sulfide) groups is 1. The maximum atomic E-state index is 11.7. The van der Waals surface area contributed by atoms with Crippen molar-refractivity contribution in [3.8, 4) is 5.75 Å². The van der Waals surface area contributed by atoms with Gasteiger partial charge in [-0.1, -0.05) is 58.5 Å². The van der Waals surface area contributed by atoms with Gasteiger partial charge in [0.2, 0.25) is 5.91 Å². The van der Waals surface area contributed by atoms with Crippen molar-refractivity contribution >= 4 is 17.7 Å². The number of amides is 1. The summed E-state index contributed by atoms with van der Waals surface area (Å²) in [5.41, 5.74) is 1.36. The Balaban J connectivity index is 1.78. The van der Waals surface area contributed by atoms with Crippen molar-refractivity contribution < 1.29 is 13.9 Å². The number of rotatable bonds is 8. The molecule has 0 aliphatic heterocycles. The van der Waals surface area contributed by atoms with Gasteiger partial charge in [-0.25, -0.2) is 0 Å². The summed E-state index contributed by atoms with van der Waals surface area (Å²) in [5.74, 6) is 1.77. The van der Waals surface area contributed by atoms with Crippen LogP contribution in [-0.2, 0) is 16.8 Å². The van der Waals surface area contributed by atoms with E-state index < -0.39 is 0 Å². The van der Waals surface area contributed by atoms with Crippen LogP contribution in [0.5, 0.6) is 5.75 Å². The van der Waals surface area contributed by atoms with E-state index in [4.69, 9.17) is 9.15 Å². The Morgan fingerprint density at radius 1 is 1.23 bits per heavy atom. The Morgan fingerprint density at radius 2 is 1.92 bits per heavy atom. The van der Waals surface area contributed by atoms with E-state index in [0.717, 1.165) is 5.75 Å². The summed E-state index contributed by atoms with van der Waals surface area (Å²) in [4.78, 5) is 11.7. The van der Waals surface area contributed by atoms with Crippen LogP contribution in [0.3, 0.4) is 0 Å². The van der Waals surface area contributed by atoms with E-state index >= 15 is 0 Å². The van der Waals surface area contributed by atoms with E-state index in [0.29, 0.717) is 23.6 Å². The van der Waals surface area contributed by atoms with Gasteiger partial charge in [-0.05, 0) is 29.0 Å². The van der Waals surface area contributed by atoms with Crippen LogP contribution in [-0.4, -0.2) is 28.4 Å². The van der Waals surface area contributed by atoms with Crippen molar-refractivity contribution in [2.75, 3.05) is 12.3 Å². The van der Waals surface area contributed by atoms with E-state index in [1.807, 2.05) is 26.0 Å². The topological polar surface area (TPSA) is 77.2 Å². The third-order valence-corrected chi connectivity index (χ3v) is 4.38. The Morgan fingerprint density at radius 3 is 2.54 bits per heavy atom. The molecule has 0 unspecified atom stereocenters. The smallest absolute Gasteiger partial charge is 0.277 e. The van der Waals surface area contributed by atoms with E-state index in [9.17, 15) is 4.79 Å². The molecule has 1 aromatic carbocycles. The molecule has 1 heterocycles. The second-order valence-corrected chi connectivity index (χ2v) is 8.44. The van der Waals surface area contributed by atoms with Crippen LogP contribution in [0.25, 0.3) is 0 Å². The fourth-order valence-electron chi connectivity index (χ4n) is 2.05. The van der Waals surface area contributed by atoms with Crippen molar-refractivity contribution in [2.45, 2.75) is 51.9 Å². The molecule has 2 aromatic rings. The van der Waals surface area contributed by atoms with Crippen LogP contribution in [0.1, 0.15) is 46.1 Å². The van der Waals surface area contributed by atoms with Crippen LogP contribution in [0.15, 0.2) is 33.9 Å². The molecule has 0 bridgehead atoms. The maximum Gasteiger partial charge on any atom is 0.277 e. The van der Waals surface area contributed by atoms with Gasteiger partial charge < -0.3 is 14.5 Å². The summed E-state index contributed by atoms with van der Waals surface area (Å²) in [7, 11) is 0. The van der Waals surface area contributed by atoms with Gasteiger partial charge in [0.25, 0.3) is 11.1 Å². The zero-order valence-electron chi connectivity index (χ0n) is 16.0. The standard InChI is InChI=1S/C19H27N3O3S/c1-13(2)10-20-16(23)12-26-18-22-21-17(25-18)11-24-15-8-6-14(7-9-15)19(3,4)5/h6-9,13H,10-12H2,1-5H3,(H,20,23). The molecule has 1 N–H and O–H groups in total. The summed E-state index contributed by atoms with van der Waals surface area (Å²) in [5, 5.41) is 11.1. The zero-order chi connectivity index (χ0) is 19.2. The molecular formula is C19H27N3O3S. The van der Waals surface area contributed by atoms with Crippen LogP contribution in [0.4, 0.5) is 0 Å². The predicted octanol–water partition coefficient (Wildman–Crippen LogP) is 3.81. The monoisotopic (exact) mass is 377 g/mol. The number of benzene rings is 1. The lowest BCUT2D eigenvalue weighted by Gasteiger charge is -2.19. The van der Waals surface area contributed by atoms with Crippen LogP contribution < -0.4 is 10.1 Å². The van der Waals surface area contributed by atoms with Crippen LogP contribution in [0.2, 0.25) is 0 Å². The van der Waals surface area contributed by atoms with Crippen molar-refractivity contribution in [3.63, 3.8) is 0 Å². The Labute approximate surface area is 159 Å². The number of nitrogens with zero attached hydrogens (tertiary/aromatic N) is 2. The Bertz CT molecular complexity index is 706. The number of carbonyl (C=O) groups is 1. The van der Waals surface area contributed by atoms with Gasteiger partial charge in [0.05, 0.1) is 5.75 Å². The van der Waals surface area contributed by atoms with Gasteiger partial charge in [0, 0.05) is 6.54 Å². The summed E-state index contributed by atoms with van der Waals surface area (Å²) in [6.45, 7) is 11.5. The molecule has 7 heteroatoms. The number of hydrogen-bond acceptors (Lipinski definition) is 6. The second-order valence-electron chi connectivity index (χ2n) is 7.51. The molecule has 1 amide bonds. The number of hydrogen-bond donors (Lipinski definition) is 1. The molecule has 2 rings (SSSR count). The van der Waals surface area contributed by atoms with Crippen molar-refractivity contribution in [1.82, 2.24) is 15.5 Å². The minimum atomic E-state index is -0.0429. The molecule has 26 heavy (non-hydrogen) atoms. The molecule has 0 aliphatic carbocycles. The highest BCUT2D eigenvalue weighted by Crippen LogP contribution is 2.24. The Kier molecular flexibility index (Phi) is 7.08. The first-order valence-corrected chi connectivity index (χ1v) is 9.68. The highest BCUT2D eigenvalue weighted by atomic mass is 32.2. The molecular weight excluding hydrogens is 350 g/mol. The lowest BCUT2D eigenvalue weighted by atomic mass is 9.87. The van der Waals surface area contributed by atoms with E-state index in [1.165, 1.54) is 17.3 Å². The third-order valence-electron chi connectivity index (χ3n) is 3.57. The average Bonchev–Trinajstić information content (AvgIpc) is 3.04. The number of carbonyl (C=O) groups excluding carboxylic acids is 1. The lowest BCUT2D eigenvalue weighted by Crippen LogP contribution is -2.28. The summed E-state index contributed by atoms with van der Waals surface area (Å²) < 4.78 is 11.2. The molecule has 0 atom stereocenters. The second kappa shape index (κ2) is 9.07. The predicted molar refractivity (Wildman–Crippen MR) is 102 cm³/mol. The van der Waals surface area contributed by atoms with Crippen molar-refractivity contribution in [1.29, 1.82) is 0 Å². The van der Waals surface area contributed by atoms with Gasteiger partial charge in [-0.15, -0.1) is 10.2 Å². The summed E-state index contributed by atoms with van der Waals surface area (Å²) in [6, 6.07) is 7.98. The highest BCUT2D eigenvalue weighted by molar-refractivity contribution is 7.99. The highest BCUT2D eigenvalue weighted by Gasteiger charge is 2.14. The van der Waals surface area contributed by atoms with Gasteiger partial charge >= 0.3 is 0 Å². The first kappa shape index (κ1) is 20.3. The van der Waals surface area contributed by atoms with Crippen LogP contribution in [0, 0.1) is 5.92 Å². The zero-order valence-corrected chi connectivity index (χ0v) is 16.9. The van der Waals surface area contributed by atoms with E-state index in [1.54, 1.807) is 0 Å². The first-order valence-electron chi connectivity index (χ1n) is 8.69. The first-order chi connectivity index (χ1) is 12.2. The molecule has 0 saturated carbocycles. The molecule has 0 aliphatic rings. The summed E-state index contributed by atoms with van der Waals surface area (Å²) in [6.07, 6.45) is 0. The minimum absolute atomic E-state index is 0.0429. The number of aromatic nitrogens is 2. The molecule has 6 nitrogen and oxygen atoms in total. The molecule has 0 fully saturated rings. The molecule has 0 radical (unpaired) electrons. The van der Waals surface area contributed by atoms with Crippen molar-refractivity contribution in [2.24, 2.45) is 5.92 Å². The van der Waals surface area contributed by atoms with Gasteiger partial charge in [0.1, 0.15) is 5.75 Å². The normalized spacial score (nSPS) is 11.6. The maximum absolute atomic E-state index is 11.7. The fraction of sp³-hybridized carbons (Fsp3) is 0.526. The van der Waals surface area contributed by atoms with Gasteiger partial charge in [0.15, 0.2) is 6.61 Å². The van der Waals surface area contributed by atoms with Crippen molar-refractivity contribution in [3.05, 3.63) is 35.7 Å².